The molecule has 0 radical (unpaired) electrons. The fraction of sp³-hybridized carbons (Fsp3) is 0.200. The van der Waals surface area contributed by atoms with Crippen molar-refractivity contribution in [2.24, 2.45) is 0 Å². The first kappa shape index (κ1) is 15.5. The molecule has 3 heterocycles. The SMILES string of the molecule is O=C(CCNC(=O)c1cnccn1)NCc1nnc2ccccn12. The van der Waals surface area contributed by atoms with E-state index in [0.29, 0.717) is 5.82 Å². The number of carbonyl (C=O) groups excluding carboxylic acids is 2. The highest BCUT2D eigenvalue weighted by Crippen LogP contribution is 2.02. The van der Waals surface area contributed by atoms with Gasteiger partial charge in [-0.2, -0.15) is 0 Å². The molecule has 0 fully saturated rings. The predicted octanol–water partition coefficient (Wildman–Crippen LogP) is -0.0444. The first-order valence-electron chi connectivity index (χ1n) is 7.33. The molecule has 0 aliphatic carbocycles. The number of rotatable bonds is 6. The summed E-state index contributed by atoms with van der Waals surface area (Å²) in [6.45, 7) is 0.476. The molecule has 3 rings (SSSR count). The highest BCUT2D eigenvalue weighted by molar-refractivity contribution is 5.92. The van der Waals surface area contributed by atoms with Gasteiger partial charge in [-0.25, -0.2) is 4.98 Å². The van der Waals surface area contributed by atoms with Crippen LogP contribution in [0.15, 0.2) is 43.0 Å². The summed E-state index contributed by atoms with van der Waals surface area (Å²) >= 11 is 0. The van der Waals surface area contributed by atoms with Gasteiger partial charge in [-0.05, 0) is 12.1 Å². The van der Waals surface area contributed by atoms with Crippen molar-refractivity contribution in [3.05, 3.63) is 54.5 Å². The van der Waals surface area contributed by atoms with E-state index in [9.17, 15) is 9.59 Å². The smallest absolute Gasteiger partial charge is 0.271 e. The summed E-state index contributed by atoms with van der Waals surface area (Å²) in [6, 6.07) is 5.57. The molecule has 2 N–H and O–H groups in total. The number of nitrogens with one attached hydrogen (secondary N) is 2. The Labute approximate surface area is 137 Å². The zero-order chi connectivity index (χ0) is 16.8. The number of fused-ring (bicyclic) bond motifs is 1. The van der Waals surface area contributed by atoms with E-state index < -0.39 is 0 Å². The minimum absolute atomic E-state index is 0.155. The summed E-state index contributed by atoms with van der Waals surface area (Å²) in [5.41, 5.74) is 0.936. The number of nitrogens with zero attached hydrogens (tertiary/aromatic N) is 5. The monoisotopic (exact) mass is 325 g/mol. The number of carbonyl (C=O) groups is 2. The van der Waals surface area contributed by atoms with Crippen LogP contribution in [0.5, 0.6) is 0 Å². The third kappa shape index (κ3) is 3.69. The maximum Gasteiger partial charge on any atom is 0.271 e. The summed E-state index contributed by atoms with van der Waals surface area (Å²) < 4.78 is 1.80. The highest BCUT2D eigenvalue weighted by atomic mass is 16.2. The zero-order valence-electron chi connectivity index (χ0n) is 12.7. The van der Waals surface area contributed by atoms with E-state index in [-0.39, 0.29) is 37.0 Å². The average molecular weight is 325 g/mol. The molecule has 9 heteroatoms. The summed E-state index contributed by atoms with van der Waals surface area (Å²) in [5.74, 6) is 0.0871. The molecule has 0 saturated carbocycles. The summed E-state index contributed by atoms with van der Waals surface area (Å²) in [5, 5.41) is 13.4. The minimum Gasteiger partial charge on any atom is -0.350 e. The van der Waals surface area contributed by atoms with Crippen molar-refractivity contribution in [1.82, 2.24) is 35.2 Å². The van der Waals surface area contributed by atoms with E-state index in [2.05, 4.69) is 30.8 Å². The van der Waals surface area contributed by atoms with E-state index in [4.69, 9.17) is 0 Å². The molecule has 3 aromatic heterocycles. The van der Waals surface area contributed by atoms with E-state index in [1.807, 2.05) is 24.4 Å². The average Bonchev–Trinajstić information content (AvgIpc) is 3.04. The first-order chi connectivity index (χ1) is 11.7. The Bertz CT molecular complexity index is 847. The molecule has 24 heavy (non-hydrogen) atoms. The molecular weight excluding hydrogens is 310 g/mol. The van der Waals surface area contributed by atoms with Gasteiger partial charge in [0.2, 0.25) is 5.91 Å². The van der Waals surface area contributed by atoms with Crippen LogP contribution in [0.2, 0.25) is 0 Å². The van der Waals surface area contributed by atoms with Crippen LogP contribution < -0.4 is 10.6 Å². The normalized spacial score (nSPS) is 10.5. The Morgan fingerprint density at radius 1 is 1.12 bits per heavy atom. The third-order valence-electron chi connectivity index (χ3n) is 3.26. The quantitative estimate of drug-likeness (QED) is 0.657. The molecule has 122 valence electrons. The Kier molecular flexibility index (Phi) is 4.70. The van der Waals surface area contributed by atoms with Crippen molar-refractivity contribution in [1.29, 1.82) is 0 Å². The second-order valence-corrected chi connectivity index (χ2v) is 4.92. The van der Waals surface area contributed by atoms with Crippen LogP contribution in [0, 0.1) is 0 Å². The second kappa shape index (κ2) is 7.27. The molecule has 2 amide bonds. The molecular formula is C15H15N7O2. The molecule has 0 aliphatic heterocycles. The molecule has 3 aromatic rings. The number of hydrogen-bond acceptors (Lipinski definition) is 6. The lowest BCUT2D eigenvalue weighted by molar-refractivity contribution is -0.121. The standard InChI is InChI=1S/C15H15N7O2/c23-14(4-5-18-15(24)11-9-16-6-7-17-11)19-10-13-21-20-12-3-1-2-8-22(12)13/h1-3,6-9H,4-5,10H2,(H,18,24)(H,19,23). The maximum absolute atomic E-state index is 11.8. The van der Waals surface area contributed by atoms with Crippen molar-refractivity contribution in [2.45, 2.75) is 13.0 Å². The Hall–Kier alpha value is -3.36. The number of hydrogen-bond donors (Lipinski definition) is 2. The van der Waals surface area contributed by atoms with Crippen molar-refractivity contribution in [3.63, 3.8) is 0 Å². The molecule has 9 nitrogen and oxygen atoms in total. The van der Waals surface area contributed by atoms with E-state index in [1.54, 1.807) is 4.40 Å². The van der Waals surface area contributed by atoms with Gasteiger partial charge in [-0.15, -0.1) is 10.2 Å². The number of aromatic nitrogens is 5. The largest absolute Gasteiger partial charge is 0.350 e. The highest BCUT2D eigenvalue weighted by Gasteiger charge is 2.09. The van der Waals surface area contributed by atoms with Gasteiger partial charge in [0.15, 0.2) is 11.5 Å². The fourth-order valence-electron chi connectivity index (χ4n) is 2.07. The molecule has 0 saturated heterocycles. The Morgan fingerprint density at radius 3 is 2.88 bits per heavy atom. The van der Waals surface area contributed by atoms with E-state index in [0.717, 1.165) is 5.65 Å². The fourth-order valence-corrected chi connectivity index (χ4v) is 2.07. The van der Waals surface area contributed by atoms with Crippen molar-refractivity contribution >= 4 is 17.5 Å². The number of amides is 2. The van der Waals surface area contributed by atoms with Crippen molar-refractivity contribution in [2.75, 3.05) is 6.54 Å². The molecule has 0 bridgehead atoms. The number of pyridine rings is 1. The maximum atomic E-state index is 11.8. The van der Waals surface area contributed by atoms with Gasteiger partial charge in [0.25, 0.3) is 5.91 Å². The van der Waals surface area contributed by atoms with Gasteiger partial charge in [0, 0.05) is 31.6 Å². The topological polar surface area (TPSA) is 114 Å². The zero-order valence-corrected chi connectivity index (χ0v) is 12.7. The van der Waals surface area contributed by atoms with E-state index in [1.165, 1.54) is 18.6 Å². The van der Waals surface area contributed by atoms with Crippen LogP contribution in [0.3, 0.4) is 0 Å². The lowest BCUT2D eigenvalue weighted by Crippen LogP contribution is -2.31. The predicted molar refractivity (Wildman–Crippen MR) is 83.8 cm³/mol. The van der Waals surface area contributed by atoms with Crippen molar-refractivity contribution < 1.29 is 9.59 Å². The van der Waals surface area contributed by atoms with Crippen LogP contribution in [0.25, 0.3) is 5.65 Å². The van der Waals surface area contributed by atoms with Crippen LogP contribution >= 0.6 is 0 Å². The van der Waals surface area contributed by atoms with E-state index >= 15 is 0 Å². The van der Waals surface area contributed by atoms with Crippen LogP contribution in [-0.2, 0) is 11.3 Å². The summed E-state index contributed by atoms with van der Waals surface area (Å²) in [6.07, 6.45) is 6.27. The van der Waals surface area contributed by atoms with Gasteiger partial charge in [0.1, 0.15) is 5.69 Å². The van der Waals surface area contributed by atoms with Gasteiger partial charge >= 0.3 is 0 Å². The van der Waals surface area contributed by atoms with Crippen molar-refractivity contribution in [3.8, 4) is 0 Å². The molecule has 0 spiro atoms. The lowest BCUT2D eigenvalue weighted by atomic mass is 10.3. The summed E-state index contributed by atoms with van der Waals surface area (Å²) in [4.78, 5) is 31.3. The van der Waals surface area contributed by atoms with Gasteiger partial charge < -0.3 is 10.6 Å². The molecule has 0 aromatic carbocycles. The van der Waals surface area contributed by atoms with Crippen LogP contribution in [0.4, 0.5) is 0 Å². The van der Waals surface area contributed by atoms with Gasteiger partial charge in [-0.1, -0.05) is 6.07 Å². The van der Waals surface area contributed by atoms with Gasteiger partial charge in [0.05, 0.1) is 12.7 Å². The molecule has 0 unspecified atom stereocenters. The minimum atomic E-state index is -0.362. The lowest BCUT2D eigenvalue weighted by Gasteiger charge is -2.05. The Balaban J connectivity index is 1.44. The molecule has 0 aliphatic rings. The van der Waals surface area contributed by atoms with Gasteiger partial charge in [-0.3, -0.25) is 19.0 Å². The molecule has 0 atom stereocenters. The summed E-state index contributed by atoms with van der Waals surface area (Å²) in [7, 11) is 0. The first-order valence-corrected chi connectivity index (χ1v) is 7.33. The third-order valence-corrected chi connectivity index (χ3v) is 3.26. The van der Waals surface area contributed by atoms with Crippen LogP contribution in [0.1, 0.15) is 22.7 Å². The second-order valence-electron chi connectivity index (χ2n) is 4.92. The Morgan fingerprint density at radius 2 is 2.04 bits per heavy atom. The van der Waals surface area contributed by atoms with Crippen LogP contribution in [-0.4, -0.2) is 42.9 Å².